The van der Waals surface area contributed by atoms with E-state index in [1.165, 1.54) is 5.56 Å². The van der Waals surface area contributed by atoms with Crippen molar-refractivity contribution in [1.29, 1.82) is 0 Å². The van der Waals surface area contributed by atoms with Crippen molar-refractivity contribution >= 4 is 17.4 Å². The molecule has 2 N–H and O–H groups in total. The summed E-state index contributed by atoms with van der Waals surface area (Å²) < 4.78 is 5.38. The number of hydrogen-bond donors (Lipinski definition) is 1. The van der Waals surface area contributed by atoms with Gasteiger partial charge in [0.05, 0.1) is 17.6 Å². The molecule has 3 rings (SSSR count). The highest BCUT2D eigenvalue weighted by atomic mass is 32.2. The summed E-state index contributed by atoms with van der Waals surface area (Å²) in [5, 5.41) is 4.12. The molecule has 0 fully saturated rings. The lowest BCUT2D eigenvalue weighted by molar-refractivity contribution is 0.397. The van der Waals surface area contributed by atoms with Gasteiger partial charge in [-0.05, 0) is 13.0 Å². The Labute approximate surface area is 127 Å². The fourth-order valence-electron chi connectivity index (χ4n) is 1.92. The van der Waals surface area contributed by atoms with Crippen LogP contribution in [0.1, 0.15) is 11.3 Å². The maximum Gasteiger partial charge on any atom is 0.147 e. The Morgan fingerprint density at radius 1 is 1.19 bits per heavy atom. The average Bonchev–Trinajstić information content (AvgIpc) is 2.96. The van der Waals surface area contributed by atoms with Gasteiger partial charge in [-0.3, -0.25) is 4.98 Å². The summed E-state index contributed by atoms with van der Waals surface area (Å²) in [7, 11) is 0. The van der Waals surface area contributed by atoms with E-state index in [0.717, 1.165) is 21.9 Å². The van der Waals surface area contributed by atoms with E-state index >= 15 is 0 Å². The Morgan fingerprint density at radius 3 is 2.76 bits per heavy atom. The molecule has 0 unspecified atom stereocenters. The Hall–Kier alpha value is -2.27. The number of nitrogen functional groups attached to an aromatic ring is 1. The second-order valence-corrected chi connectivity index (χ2v) is 5.76. The van der Waals surface area contributed by atoms with Gasteiger partial charge in [0.2, 0.25) is 0 Å². The molecule has 0 saturated heterocycles. The second kappa shape index (κ2) is 6.01. The van der Waals surface area contributed by atoms with Crippen LogP contribution in [0.4, 0.5) is 5.69 Å². The molecule has 0 aliphatic heterocycles. The number of nitrogens with zero attached hydrogens (tertiary/aromatic N) is 2. The monoisotopic (exact) mass is 297 g/mol. The molecule has 0 aliphatic rings. The van der Waals surface area contributed by atoms with Crippen molar-refractivity contribution in [2.45, 2.75) is 17.6 Å². The van der Waals surface area contributed by atoms with Gasteiger partial charge in [-0.15, -0.1) is 11.8 Å². The molecule has 2 heterocycles. The van der Waals surface area contributed by atoms with Crippen LogP contribution in [0.2, 0.25) is 0 Å². The van der Waals surface area contributed by atoms with Gasteiger partial charge in [0.25, 0.3) is 0 Å². The fraction of sp³-hybridized carbons (Fsp3) is 0.125. The third kappa shape index (κ3) is 3.25. The zero-order chi connectivity index (χ0) is 14.7. The van der Waals surface area contributed by atoms with Crippen LogP contribution in [-0.2, 0) is 5.75 Å². The first kappa shape index (κ1) is 13.7. The lowest BCUT2D eigenvalue weighted by Gasteiger charge is -2.01. The fourth-order valence-corrected chi connectivity index (χ4v) is 2.73. The van der Waals surface area contributed by atoms with E-state index in [-0.39, 0.29) is 0 Å². The second-order valence-electron chi connectivity index (χ2n) is 4.75. The number of pyridine rings is 1. The van der Waals surface area contributed by atoms with E-state index in [0.29, 0.717) is 11.4 Å². The first-order valence-electron chi connectivity index (χ1n) is 6.57. The molecule has 0 saturated carbocycles. The highest BCUT2D eigenvalue weighted by Crippen LogP contribution is 2.28. The summed E-state index contributed by atoms with van der Waals surface area (Å²) in [4.78, 5) is 4.98. The normalized spacial score (nSPS) is 10.7. The maximum atomic E-state index is 5.87. The van der Waals surface area contributed by atoms with Crippen LogP contribution in [-0.4, -0.2) is 10.1 Å². The summed E-state index contributed by atoms with van der Waals surface area (Å²) in [5.74, 6) is 1.51. The number of nitrogens with two attached hydrogens (primary N) is 1. The van der Waals surface area contributed by atoms with E-state index in [2.05, 4.69) is 29.2 Å². The van der Waals surface area contributed by atoms with Crippen LogP contribution in [0, 0.1) is 6.92 Å². The topological polar surface area (TPSA) is 64.9 Å². The Kier molecular flexibility index (Phi) is 3.92. The average molecular weight is 297 g/mol. The number of anilines is 1. The van der Waals surface area contributed by atoms with Crippen molar-refractivity contribution in [3.63, 3.8) is 0 Å². The predicted molar refractivity (Wildman–Crippen MR) is 84.9 cm³/mol. The van der Waals surface area contributed by atoms with E-state index in [9.17, 15) is 0 Å². The largest absolute Gasteiger partial charge is 0.397 e. The first-order chi connectivity index (χ1) is 10.2. The Bertz CT molecular complexity index is 737. The van der Waals surface area contributed by atoms with Crippen molar-refractivity contribution in [2.75, 3.05) is 5.73 Å². The van der Waals surface area contributed by atoms with Gasteiger partial charge in [0.15, 0.2) is 0 Å². The third-order valence-corrected chi connectivity index (χ3v) is 4.20. The van der Waals surface area contributed by atoms with E-state index in [1.54, 1.807) is 24.2 Å². The van der Waals surface area contributed by atoms with Crippen LogP contribution in [0.15, 0.2) is 58.2 Å². The lowest BCUT2D eigenvalue weighted by Crippen LogP contribution is -1.89. The molecule has 0 spiro atoms. The van der Waals surface area contributed by atoms with Gasteiger partial charge in [-0.2, -0.15) is 0 Å². The molecule has 0 radical (unpaired) electrons. The number of thioether (sulfide) groups is 1. The van der Waals surface area contributed by atoms with E-state index in [1.807, 2.05) is 24.3 Å². The van der Waals surface area contributed by atoms with Crippen LogP contribution >= 0.6 is 11.8 Å². The van der Waals surface area contributed by atoms with Crippen LogP contribution in [0.3, 0.4) is 0 Å². The molecule has 3 aromatic rings. The molecule has 106 valence electrons. The minimum absolute atomic E-state index is 0.681. The summed E-state index contributed by atoms with van der Waals surface area (Å²) >= 11 is 1.61. The quantitative estimate of drug-likeness (QED) is 0.739. The molecule has 4 nitrogen and oxygen atoms in total. The van der Waals surface area contributed by atoms with E-state index in [4.69, 9.17) is 10.3 Å². The minimum atomic E-state index is 0.681. The number of aryl methyl sites for hydroxylation is 1. The molecule has 2 aromatic heterocycles. The van der Waals surface area contributed by atoms with Gasteiger partial charge in [-0.1, -0.05) is 35.0 Å². The Morgan fingerprint density at radius 2 is 2.00 bits per heavy atom. The summed E-state index contributed by atoms with van der Waals surface area (Å²) in [6.45, 7) is 2.06. The van der Waals surface area contributed by atoms with Crippen molar-refractivity contribution < 1.29 is 4.52 Å². The van der Waals surface area contributed by atoms with Crippen LogP contribution < -0.4 is 5.73 Å². The molecule has 0 aliphatic carbocycles. The highest BCUT2D eigenvalue weighted by Gasteiger charge is 2.08. The molecule has 0 atom stereocenters. The van der Waals surface area contributed by atoms with Gasteiger partial charge in [0, 0.05) is 22.7 Å². The molecular formula is C16H15N3OS. The molecule has 0 amide bonds. The Balaban J connectivity index is 1.71. The molecule has 0 bridgehead atoms. The zero-order valence-corrected chi connectivity index (χ0v) is 12.4. The van der Waals surface area contributed by atoms with Gasteiger partial charge in [-0.25, -0.2) is 0 Å². The number of benzene rings is 1. The third-order valence-electron chi connectivity index (χ3n) is 3.09. The number of aromatic nitrogens is 2. The van der Waals surface area contributed by atoms with Crippen LogP contribution in [0.5, 0.6) is 0 Å². The lowest BCUT2D eigenvalue weighted by atomic mass is 10.1. The van der Waals surface area contributed by atoms with Crippen LogP contribution in [0.25, 0.3) is 11.3 Å². The van der Waals surface area contributed by atoms with Gasteiger partial charge in [0.1, 0.15) is 11.5 Å². The zero-order valence-electron chi connectivity index (χ0n) is 11.6. The summed E-state index contributed by atoms with van der Waals surface area (Å²) in [6.07, 6.45) is 3.39. The standard InChI is InChI=1S/C16H15N3OS/c1-11-2-4-12(5-3-11)15-8-13(20-19-15)10-21-16-6-7-18-9-14(16)17/h2-9H,10,17H2,1H3. The first-order valence-corrected chi connectivity index (χ1v) is 7.56. The van der Waals surface area contributed by atoms with Crippen molar-refractivity contribution in [1.82, 2.24) is 10.1 Å². The molecule has 21 heavy (non-hydrogen) atoms. The SMILES string of the molecule is Cc1ccc(-c2cc(CSc3ccncc3N)on2)cc1. The minimum Gasteiger partial charge on any atom is -0.397 e. The summed E-state index contributed by atoms with van der Waals surface area (Å²) in [5.41, 5.74) is 9.69. The van der Waals surface area contributed by atoms with Crippen molar-refractivity contribution in [2.24, 2.45) is 0 Å². The summed E-state index contributed by atoms with van der Waals surface area (Å²) in [6, 6.07) is 12.1. The van der Waals surface area contributed by atoms with Crippen molar-refractivity contribution in [3.8, 4) is 11.3 Å². The molecule has 1 aromatic carbocycles. The smallest absolute Gasteiger partial charge is 0.147 e. The highest BCUT2D eigenvalue weighted by molar-refractivity contribution is 7.98. The van der Waals surface area contributed by atoms with Crippen molar-refractivity contribution in [3.05, 3.63) is 60.1 Å². The molecule has 5 heteroatoms. The molecular weight excluding hydrogens is 282 g/mol. The number of hydrogen-bond acceptors (Lipinski definition) is 5. The number of rotatable bonds is 4. The van der Waals surface area contributed by atoms with E-state index < -0.39 is 0 Å². The maximum absolute atomic E-state index is 5.87. The van der Waals surface area contributed by atoms with Gasteiger partial charge < -0.3 is 10.3 Å². The predicted octanol–water partition coefficient (Wildman–Crippen LogP) is 3.92. The van der Waals surface area contributed by atoms with Gasteiger partial charge >= 0.3 is 0 Å².